The fourth-order valence-corrected chi connectivity index (χ4v) is 3.69. The number of carbonyl (C=O) groups is 1. The number of nitrogens with one attached hydrogen (secondary N) is 2. The van der Waals surface area contributed by atoms with Crippen LogP contribution in [0.3, 0.4) is 0 Å². The Morgan fingerprint density at radius 3 is 2.38 bits per heavy atom. The van der Waals surface area contributed by atoms with Crippen LogP contribution >= 0.6 is 0 Å². The zero-order valence-corrected chi connectivity index (χ0v) is 16.2. The molecule has 0 saturated carbocycles. The van der Waals surface area contributed by atoms with Crippen LogP contribution in [0.1, 0.15) is 25.0 Å². The Kier molecular flexibility index (Phi) is 6.26. The number of para-hydroxylation sites is 1. The number of anilines is 1. The first kappa shape index (κ1) is 19.8. The van der Waals surface area contributed by atoms with E-state index in [1.807, 2.05) is 32.0 Å². The third kappa shape index (κ3) is 4.54. The zero-order valence-electron chi connectivity index (χ0n) is 15.4. The second kappa shape index (κ2) is 8.23. The molecule has 2 aromatic carbocycles. The summed E-state index contributed by atoms with van der Waals surface area (Å²) < 4.78 is 33.5. The summed E-state index contributed by atoms with van der Waals surface area (Å²) in [6.07, 6.45) is 0.0589. The van der Waals surface area contributed by atoms with E-state index in [0.717, 1.165) is 17.5 Å². The number of hydrogen-bond acceptors (Lipinski definition) is 4. The number of hydrogen-bond donors (Lipinski definition) is 2. The Bertz CT molecular complexity index is 877. The van der Waals surface area contributed by atoms with Crippen molar-refractivity contribution in [2.75, 3.05) is 11.8 Å². The third-order valence-electron chi connectivity index (χ3n) is 4.04. The summed E-state index contributed by atoms with van der Waals surface area (Å²) in [6.45, 7) is 5.47. The fourth-order valence-electron chi connectivity index (χ4n) is 2.52. The molecule has 0 radical (unpaired) electrons. The summed E-state index contributed by atoms with van der Waals surface area (Å²) in [5.74, 6) is 0.167. The van der Waals surface area contributed by atoms with Crippen molar-refractivity contribution in [2.45, 2.75) is 38.2 Å². The number of aryl methyl sites for hydroxylation is 2. The molecule has 0 fully saturated rings. The van der Waals surface area contributed by atoms with Crippen molar-refractivity contribution in [3.63, 3.8) is 0 Å². The number of sulfonamides is 1. The maximum atomic E-state index is 12.7. The van der Waals surface area contributed by atoms with Gasteiger partial charge in [-0.3, -0.25) is 9.52 Å². The predicted octanol–water partition coefficient (Wildman–Crippen LogP) is 2.87. The largest absolute Gasteiger partial charge is 0.481 e. The lowest BCUT2D eigenvalue weighted by Crippen LogP contribution is -2.33. The van der Waals surface area contributed by atoms with Gasteiger partial charge in [-0.05, 0) is 55.7 Å². The van der Waals surface area contributed by atoms with E-state index in [1.165, 1.54) is 31.3 Å². The van der Waals surface area contributed by atoms with Gasteiger partial charge in [-0.2, -0.15) is 0 Å². The lowest BCUT2D eigenvalue weighted by Gasteiger charge is -2.15. The summed E-state index contributed by atoms with van der Waals surface area (Å²) in [5, 5.41) is 2.49. The highest BCUT2D eigenvalue weighted by molar-refractivity contribution is 7.92. The molecule has 0 saturated heterocycles. The molecule has 140 valence electrons. The van der Waals surface area contributed by atoms with Gasteiger partial charge in [0.25, 0.3) is 15.9 Å². The first-order valence-corrected chi connectivity index (χ1v) is 9.86. The fraction of sp³-hybridized carbons (Fsp3) is 0.316. The maximum absolute atomic E-state index is 12.7. The van der Waals surface area contributed by atoms with E-state index in [0.29, 0.717) is 11.4 Å². The second-order valence-corrected chi connectivity index (χ2v) is 7.60. The maximum Gasteiger partial charge on any atom is 0.261 e. The highest BCUT2D eigenvalue weighted by Gasteiger charge is 2.18. The van der Waals surface area contributed by atoms with Gasteiger partial charge in [0.05, 0.1) is 10.6 Å². The summed E-state index contributed by atoms with van der Waals surface area (Å²) in [5.41, 5.74) is 2.42. The van der Waals surface area contributed by atoms with Crippen LogP contribution < -0.4 is 14.8 Å². The van der Waals surface area contributed by atoms with Gasteiger partial charge in [0.2, 0.25) is 0 Å². The molecule has 1 atom stereocenters. The summed E-state index contributed by atoms with van der Waals surface area (Å²) in [4.78, 5) is 11.6. The molecule has 0 aliphatic carbocycles. The molecule has 0 heterocycles. The van der Waals surface area contributed by atoms with E-state index < -0.39 is 16.1 Å². The quantitative estimate of drug-likeness (QED) is 0.778. The molecular formula is C19H24N2O4S. The third-order valence-corrected chi connectivity index (χ3v) is 5.40. The van der Waals surface area contributed by atoms with Crippen molar-refractivity contribution in [3.8, 4) is 5.75 Å². The van der Waals surface area contributed by atoms with Gasteiger partial charge < -0.3 is 10.1 Å². The molecule has 2 N–H and O–H groups in total. The average Bonchev–Trinajstić information content (AvgIpc) is 2.63. The Morgan fingerprint density at radius 1 is 1.15 bits per heavy atom. The van der Waals surface area contributed by atoms with E-state index in [9.17, 15) is 13.2 Å². The van der Waals surface area contributed by atoms with Gasteiger partial charge in [-0.1, -0.05) is 25.1 Å². The number of carbonyl (C=O) groups excluding carboxylic acids is 1. The molecule has 0 aliphatic rings. The van der Waals surface area contributed by atoms with E-state index in [1.54, 1.807) is 6.92 Å². The van der Waals surface area contributed by atoms with Crippen molar-refractivity contribution in [1.82, 2.24) is 5.32 Å². The molecule has 1 amide bonds. The van der Waals surface area contributed by atoms with Crippen LogP contribution in [0, 0.1) is 6.92 Å². The lowest BCUT2D eigenvalue weighted by atomic mass is 10.1. The minimum atomic E-state index is -3.72. The summed E-state index contributed by atoms with van der Waals surface area (Å²) in [6, 6.07) is 11.7. The minimum absolute atomic E-state index is 0.128. The molecule has 6 nitrogen and oxygen atoms in total. The molecule has 0 aliphatic heterocycles. The lowest BCUT2D eigenvalue weighted by molar-refractivity contribution is -0.126. The molecule has 0 unspecified atom stereocenters. The monoisotopic (exact) mass is 376 g/mol. The van der Waals surface area contributed by atoms with Crippen molar-refractivity contribution in [2.24, 2.45) is 0 Å². The average molecular weight is 376 g/mol. The van der Waals surface area contributed by atoms with Crippen molar-refractivity contribution >= 4 is 21.6 Å². The van der Waals surface area contributed by atoms with E-state index in [4.69, 9.17) is 4.74 Å². The predicted molar refractivity (Wildman–Crippen MR) is 102 cm³/mol. The van der Waals surface area contributed by atoms with Crippen LogP contribution in [0.5, 0.6) is 5.75 Å². The van der Waals surface area contributed by atoms with Gasteiger partial charge in [0.1, 0.15) is 5.75 Å². The van der Waals surface area contributed by atoms with Crippen LogP contribution in [0.25, 0.3) is 0 Å². The Morgan fingerprint density at radius 2 is 1.81 bits per heavy atom. The van der Waals surface area contributed by atoms with Gasteiger partial charge in [0, 0.05) is 7.05 Å². The molecule has 0 bridgehead atoms. The van der Waals surface area contributed by atoms with E-state index in [-0.39, 0.29) is 10.8 Å². The van der Waals surface area contributed by atoms with Gasteiger partial charge in [0.15, 0.2) is 6.10 Å². The van der Waals surface area contributed by atoms with Crippen molar-refractivity contribution in [3.05, 3.63) is 53.6 Å². The molecule has 2 aromatic rings. The van der Waals surface area contributed by atoms with Crippen LogP contribution in [-0.2, 0) is 21.2 Å². The highest BCUT2D eigenvalue weighted by atomic mass is 32.2. The Labute approximate surface area is 154 Å². The molecule has 0 spiro atoms. The standard InChI is InChI=1S/C19H24N2O4S/c1-5-15-8-6-7-13(2)18(15)21-26(23,24)17-11-9-16(10-12-17)25-14(3)19(22)20-4/h6-12,14,21H,5H2,1-4H3,(H,20,22)/t14-/m0/s1. The van der Waals surface area contributed by atoms with Gasteiger partial charge in [-0.25, -0.2) is 8.42 Å². The van der Waals surface area contributed by atoms with E-state index in [2.05, 4.69) is 10.0 Å². The number of benzene rings is 2. The second-order valence-electron chi connectivity index (χ2n) is 5.91. The number of likely N-dealkylation sites (N-methyl/N-ethyl adjacent to an activating group) is 1. The highest BCUT2D eigenvalue weighted by Crippen LogP contribution is 2.25. The first-order valence-electron chi connectivity index (χ1n) is 8.38. The van der Waals surface area contributed by atoms with Crippen molar-refractivity contribution < 1.29 is 17.9 Å². The number of ether oxygens (including phenoxy) is 1. The SMILES string of the molecule is CCc1cccc(C)c1NS(=O)(=O)c1ccc(O[C@@H](C)C(=O)NC)cc1. The molecular weight excluding hydrogens is 352 g/mol. The van der Waals surface area contributed by atoms with Gasteiger partial charge in [-0.15, -0.1) is 0 Å². The van der Waals surface area contributed by atoms with Gasteiger partial charge >= 0.3 is 0 Å². The van der Waals surface area contributed by atoms with Crippen LogP contribution in [0.2, 0.25) is 0 Å². The van der Waals surface area contributed by atoms with E-state index >= 15 is 0 Å². The zero-order chi connectivity index (χ0) is 19.3. The molecule has 7 heteroatoms. The topological polar surface area (TPSA) is 84.5 Å². The van der Waals surface area contributed by atoms with Crippen LogP contribution in [0.15, 0.2) is 47.4 Å². The van der Waals surface area contributed by atoms with Crippen LogP contribution in [-0.4, -0.2) is 27.5 Å². The Balaban J connectivity index is 2.21. The summed E-state index contributed by atoms with van der Waals surface area (Å²) in [7, 11) is -2.19. The Hall–Kier alpha value is -2.54. The molecule has 2 rings (SSSR count). The molecule has 0 aromatic heterocycles. The number of rotatable bonds is 7. The normalized spacial score (nSPS) is 12.3. The van der Waals surface area contributed by atoms with Crippen LogP contribution in [0.4, 0.5) is 5.69 Å². The smallest absolute Gasteiger partial charge is 0.261 e. The first-order chi connectivity index (χ1) is 12.3. The molecule has 26 heavy (non-hydrogen) atoms. The number of amides is 1. The minimum Gasteiger partial charge on any atom is -0.481 e. The van der Waals surface area contributed by atoms with Crippen molar-refractivity contribution in [1.29, 1.82) is 0 Å². The summed E-state index contributed by atoms with van der Waals surface area (Å²) >= 11 is 0.